The number of aromatic nitrogens is 2. The molecule has 134 valence electrons. The van der Waals surface area contributed by atoms with E-state index in [1.807, 2.05) is 23.6 Å². The van der Waals surface area contributed by atoms with Crippen molar-refractivity contribution in [2.75, 3.05) is 25.6 Å². The molecule has 2 aromatic carbocycles. The van der Waals surface area contributed by atoms with E-state index < -0.39 is 0 Å². The molecule has 0 fully saturated rings. The van der Waals surface area contributed by atoms with Crippen molar-refractivity contribution in [1.29, 1.82) is 0 Å². The van der Waals surface area contributed by atoms with Gasteiger partial charge >= 0.3 is 0 Å². The van der Waals surface area contributed by atoms with Crippen LogP contribution in [0, 0.1) is 6.92 Å². The fourth-order valence-electron chi connectivity index (χ4n) is 3.00. The lowest BCUT2D eigenvalue weighted by Gasteiger charge is -2.18. The predicted molar refractivity (Wildman–Crippen MR) is 97.1 cm³/mol. The van der Waals surface area contributed by atoms with Crippen molar-refractivity contribution < 1.29 is 19.0 Å². The van der Waals surface area contributed by atoms with Crippen LogP contribution in [0.1, 0.15) is 5.82 Å². The van der Waals surface area contributed by atoms with E-state index in [0.717, 1.165) is 22.6 Å². The van der Waals surface area contributed by atoms with Gasteiger partial charge in [-0.2, -0.15) is 0 Å². The Morgan fingerprint density at radius 3 is 2.58 bits per heavy atom. The maximum atomic E-state index is 12.5. The van der Waals surface area contributed by atoms with E-state index in [2.05, 4.69) is 10.3 Å². The van der Waals surface area contributed by atoms with Crippen LogP contribution in [-0.2, 0) is 11.3 Å². The summed E-state index contributed by atoms with van der Waals surface area (Å²) in [7, 11) is 1.61. The van der Waals surface area contributed by atoms with Gasteiger partial charge in [0, 0.05) is 17.8 Å². The zero-order valence-corrected chi connectivity index (χ0v) is 14.6. The lowest BCUT2D eigenvalue weighted by Crippen LogP contribution is -2.19. The lowest BCUT2D eigenvalue weighted by atomic mass is 10.2. The van der Waals surface area contributed by atoms with Gasteiger partial charge in [0.2, 0.25) is 5.91 Å². The lowest BCUT2D eigenvalue weighted by molar-refractivity contribution is -0.116. The van der Waals surface area contributed by atoms with Crippen molar-refractivity contribution in [1.82, 2.24) is 9.55 Å². The molecule has 1 amide bonds. The van der Waals surface area contributed by atoms with Crippen LogP contribution in [-0.4, -0.2) is 35.8 Å². The van der Waals surface area contributed by atoms with E-state index in [1.54, 1.807) is 31.4 Å². The van der Waals surface area contributed by atoms with Crippen LogP contribution >= 0.6 is 0 Å². The SMILES string of the molecule is COc1ccc(NC(=O)Cn2c(C)nc3cc4c(cc32)OCCO4)cc1. The number of amides is 1. The van der Waals surface area contributed by atoms with E-state index in [1.165, 1.54) is 0 Å². The van der Waals surface area contributed by atoms with Crippen LogP contribution in [0.2, 0.25) is 0 Å². The molecule has 0 bridgehead atoms. The Kier molecular flexibility index (Phi) is 4.12. The molecule has 0 atom stereocenters. The summed E-state index contributed by atoms with van der Waals surface area (Å²) in [5.41, 5.74) is 2.34. The number of rotatable bonds is 4. The summed E-state index contributed by atoms with van der Waals surface area (Å²) in [6.07, 6.45) is 0. The highest BCUT2D eigenvalue weighted by Gasteiger charge is 2.18. The summed E-state index contributed by atoms with van der Waals surface area (Å²) in [5, 5.41) is 2.89. The Bertz CT molecular complexity index is 963. The fraction of sp³-hybridized carbons (Fsp3) is 0.263. The van der Waals surface area contributed by atoms with Crippen molar-refractivity contribution in [2.45, 2.75) is 13.5 Å². The molecule has 1 aliphatic heterocycles. The quantitative estimate of drug-likeness (QED) is 0.781. The number of anilines is 1. The van der Waals surface area contributed by atoms with E-state index >= 15 is 0 Å². The molecule has 7 heteroatoms. The van der Waals surface area contributed by atoms with E-state index in [0.29, 0.717) is 30.4 Å². The van der Waals surface area contributed by atoms with Crippen molar-refractivity contribution in [2.24, 2.45) is 0 Å². The molecule has 1 aromatic heterocycles. The maximum absolute atomic E-state index is 12.5. The summed E-state index contributed by atoms with van der Waals surface area (Å²) in [6.45, 7) is 3.08. The van der Waals surface area contributed by atoms with Crippen molar-refractivity contribution in [3.63, 3.8) is 0 Å². The number of ether oxygens (including phenoxy) is 3. The number of fused-ring (bicyclic) bond motifs is 2. The van der Waals surface area contributed by atoms with Crippen molar-refractivity contribution >= 4 is 22.6 Å². The molecule has 1 N–H and O–H groups in total. The smallest absolute Gasteiger partial charge is 0.244 e. The summed E-state index contributed by atoms with van der Waals surface area (Å²) >= 11 is 0. The third-order valence-corrected chi connectivity index (χ3v) is 4.28. The number of nitrogens with one attached hydrogen (secondary N) is 1. The number of nitrogens with zero attached hydrogens (tertiary/aromatic N) is 2. The first-order valence-electron chi connectivity index (χ1n) is 8.34. The fourth-order valence-corrected chi connectivity index (χ4v) is 3.00. The van der Waals surface area contributed by atoms with Crippen LogP contribution in [0.25, 0.3) is 11.0 Å². The zero-order valence-electron chi connectivity index (χ0n) is 14.6. The Balaban J connectivity index is 1.57. The van der Waals surface area contributed by atoms with E-state index in [9.17, 15) is 4.79 Å². The molecule has 0 aliphatic carbocycles. The number of hydrogen-bond donors (Lipinski definition) is 1. The minimum Gasteiger partial charge on any atom is -0.497 e. The summed E-state index contributed by atoms with van der Waals surface area (Å²) < 4.78 is 18.2. The largest absolute Gasteiger partial charge is 0.497 e. The maximum Gasteiger partial charge on any atom is 0.244 e. The molecular formula is C19H19N3O4. The van der Waals surface area contributed by atoms with Crippen molar-refractivity contribution in [3.8, 4) is 17.2 Å². The van der Waals surface area contributed by atoms with Gasteiger partial charge in [0.25, 0.3) is 0 Å². The minimum atomic E-state index is -0.132. The Labute approximate surface area is 150 Å². The van der Waals surface area contributed by atoms with E-state index in [4.69, 9.17) is 14.2 Å². The summed E-state index contributed by atoms with van der Waals surface area (Å²) in [5.74, 6) is 2.74. The normalized spacial score (nSPS) is 12.8. The number of imidazole rings is 1. The molecule has 0 saturated carbocycles. The van der Waals surface area contributed by atoms with Gasteiger partial charge in [0.15, 0.2) is 11.5 Å². The van der Waals surface area contributed by atoms with Crippen LogP contribution in [0.3, 0.4) is 0 Å². The molecule has 0 spiro atoms. The van der Waals surface area contributed by atoms with E-state index in [-0.39, 0.29) is 12.5 Å². The first-order chi connectivity index (χ1) is 12.6. The first kappa shape index (κ1) is 16.3. The Morgan fingerprint density at radius 2 is 1.88 bits per heavy atom. The second kappa shape index (κ2) is 6.59. The summed E-state index contributed by atoms with van der Waals surface area (Å²) in [6, 6.07) is 10.9. The average molecular weight is 353 g/mol. The van der Waals surface area contributed by atoms with Gasteiger partial charge < -0.3 is 24.1 Å². The molecule has 3 aromatic rings. The molecule has 0 unspecified atom stereocenters. The highest BCUT2D eigenvalue weighted by atomic mass is 16.6. The average Bonchev–Trinajstić information content (AvgIpc) is 2.95. The number of methoxy groups -OCH3 is 1. The first-order valence-corrected chi connectivity index (χ1v) is 8.34. The van der Waals surface area contributed by atoms with Gasteiger partial charge in [0.05, 0.1) is 18.1 Å². The molecule has 0 radical (unpaired) electrons. The van der Waals surface area contributed by atoms with Crippen molar-refractivity contribution in [3.05, 3.63) is 42.2 Å². The molecule has 1 aliphatic rings. The van der Waals surface area contributed by atoms with Gasteiger partial charge in [-0.15, -0.1) is 0 Å². The monoisotopic (exact) mass is 353 g/mol. The third kappa shape index (κ3) is 3.03. The number of aryl methyl sites for hydroxylation is 1. The number of carbonyl (C=O) groups excluding carboxylic acids is 1. The van der Waals surface area contributed by atoms with Crippen LogP contribution in [0.4, 0.5) is 5.69 Å². The molecule has 2 heterocycles. The number of benzene rings is 2. The predicted octanol–water partition coefficient (Wildman–Crippen LogP) is 2.76. The second-order valence-electron chi connectivity index (χ2n) is 6.01. The Hall–Kier alpha value is -3.22. The number of carbonyl (C=O) groups is 1. The van der Waals surface area contributed by atoms with Gasteiger partial charge in [-0.05, 0) is 31.2 Å². The second-order valence-corrected chi connectivity index (χ2v) is 6.01. The Morgan fingerprint density at radius 1 is 1.19 bits per heavy atom. The molecule has 0 saturated heterocycles. The van der Waals surface area contributed by atoms with Gasteiger partial charge in [-0.25, -0.2) is 4.98 Å². The van der Waals surface area contributed by atoms with Gasteiger partial charge in [-0.3, -0.25) is 4.79 Å². The standard InChI is InChI=1S/C19H19N3O4/c1-12-20-15-9-17-18(26-8-7-25-17)10-16(15)22(12)11-19(23)21-13-3-5-14(24-2)6-4-13/h3-6,9-10H,7-8,11H2,1-2H3,(H,21,23). The number of hydrogen-bond acceptors (Lipinski definition) is 5. The van der Waals surface area contributed by atoms with Gasteiger partial charge in [0.1, 0.15) is 31.3 Å². The van der Waals surface area contributed by atoms with Gasteiger partial charge in [-0.1, -0.05) is 0 Å². The zero-order chi connectivity index (χ0) is 18.1. The highest BCUT2D eigenvalue weighted by Crippen LogP contribution is 2.34. The molecule has 4 rings (SSSR count). The molecular weight excluding hydrogens is 334 g/mol. The molecule has 26 heavy (non-hydrogen) atoms. The van der Waals surface area contributed by atoms with Crippen LogP contribution in [0.15, 0.2) is 36.4 Å². The molecule has 7 nitrogen and oxygen atoms in total. The third-order valence-electron chi connectivity index (χ3n) is 4.28. The highest BCUT2D eigenvalue weighted by molar-refractivity contribution is 5.92. The van der Waals surface area contributed by atoms with Crippen LogP contribution in [0.5, 0.6) is 17.2 Å². The minimum absolute atomic E-state index is 0.132. The van der Waals surface area contributed by atoms with Crippen LogP contribution < -0.4 is 19.5 Å². The summed E-state index contributed by atoms with van der Waals surface area (Å²) in [4.78, 5) is 17.0. The topological polar surface area (TPSA) is 74.6 Å².